The zero-order valence-corrected chi connectivity index (χ0v) is 32.2. The summed E-state index contributed by atoms with van der Waals surface area (Å²) in [4.78, 5) is 10.6. The first-order valence-corrected chi connectivity index (χ1v) is 20.8. The lowest BCUT2D eigenvalue weighted by molar-refractivity contribution is 0.680. The summed E-state index contributed by atoms with van der Waals surface area (Å²) < 4.78 is 7.42. The van der Waals surface area contributed by atoms with E-state index in [0.29, 0.717) is 0 Å². The topological polar surface area (TPSA) is 41.7 Å². The second-order valence-corrected chi connectivity index (χ2v) is 16.7. The van der Waals surface area contributed by atoms with Crippen molar-refractivity contribution in [2.24, 2.45) is 9.98 Å². The fourth-order valence-electron chi connectivity index (χ4n) is 8.80. The van der Waals surface area contributed by atoms with E-state index in [2.05, 4.69) is 186 Å². The predicted octanol–water partition coefficient (Wildman–Crippen LogP) is 13.7. The molecule has 8 aromatic carbocycles. The standard InChI is InChI=1S/C51H32N4S2/c1-3-14-31(15-4-1)49-52-50(54-51(53-49)39-22-13-27-44-48(39)37-19-8-10-25-42(37)56-44)32-28-29-38-45(30-32)57-43-26-12-21-35(47(38)43)34-20-11-24-41-46(34)36-18-7-9-23-40(36)55(41)33-16-5-2-6-17-33/h1-30,51H,(H,52,53,54). The van der Waals surface area contributed by atoms with Crippen LogP contribution >= 0.6 is 22.7 Å². The molecule has 0 spiro atoms. The Morgan fingerprint density at radius 3 is 1.95 bits per heavy atom. The molecule has 11 aromatic rings. The summed E-state index contributed by atoms with van der Waals surface area (Å²) in [5.74, 6) is 1.55. The Balaban J connectivity index is 1.03. The Hall–Kier alpha value is -6.86. The largest absolute Gasteiger partial charge is 0.344 e. The third-order valence-electron chi connectivity index (χ3n) is 11.3. The van der Waals surface area contributed by atoms with Crippen LogP contribution in [0.5, 0.6) is 0 Å². The highest BCUT2D eigenvalue weighted by molar-refractivity contribution is 7.26. The number of rotatable bonds is 5. The number of aromatic nitrogens is 1. The first-order chi connectivity index (χ1) is 28.3. The molecule has 0 saturated heterocycles. The van der Waals surface area contributed by atoms with E-state index in [0.717, 1.165) is 34.0 Å². The number of para-hydroxylation sites is 2. The van der Waals surface area contributed by atoms with Crippen molar-refractivity contribution in [3.05, 3.63) is 199 Å². The quantitative estimate of drug-likeness (QED) is 0.186. The van der Waals surface area contributed by atoms with Crippen LogP contribution in [-0.4, -0.2) is 16.2 Å². The van der Waals surface area contributed by atoms with E-state index in [-0.39, 0.29) is 6.17 Å². The van der Waals surface area contributed by atoms with Gasteiger partial charge in [0.15, 0.2) is 5.84 Å². The maximum atomic E-state index is 5.38. The second kappa shape index (κ2) is 12.8. The van der Waals surface area contributed by atoms with Gasteiger partial charge in [-0.3, -0.25) is 0 Å². The van der Waals surface area contributed by atoms with E-state index in [9.17, 15) is 0 Å². The van der Waals surface area contributed by atoms with Crippen LogP contribution in [0.4, 0.5) is 0 Å². The van der Waals surface area contributed by atoms with Gasteiger partial charge in [-0.25, -0.2) is 9.98 Å². The first-order valence-electron chi connectivity index (χ1n) is 19.2. The summed E-state index contributed by atoms with van der Waals surface area (Å²) in [6, 6.07) is 65.4. The molecule has 0 fully saturated rings. The van der Waals surface area contributed by atoms with Gasteiger partial charge < -0.3 is 9.88 Å². The molecule has 57 heavy (non-hydrogen) atoms. The van der Waals surface area contributed by atoms with Crippen molar-refractivity contribution in [2.45, 2.75) is 6.17 Å². The van der Waals surface area contributed by atoms with Crippen molar-refractivity contribution in [3.63, 3.8) is 0 Å². The predicted molar refractivity (Wildman–Crippen MR) is 244 cm³/mol. The maximum Gasteiger partial charge on any atom is 0.159 e. The average Bonchev–Trinajstić information content (AvgIpc) is 3.96. The fraction of sp³-hybridized carbons (Fsp3) is 0.0196. The second-order valence-electron chi connectivity index (χ2n) is 14.5. The molecule has 1 unspecified atom stereocenters. The smallest absolute Gasteiger partial charge is 0.159 e. The van der Waals surface area contributed by atoms with Crippen LogP contribution in [0.3, 0.4) is 0 Å². The molecule has 0 bridgehead atoms. The van der Waals surface area contributed by atoms with Gasteiger partial charge in [0.1, 0.15) is 12.0 Å². The molecule has 1 aliphatic heterocycles. The lowest BCUT2D eigenvalue weighted by Crippen LogP contribution is -2.33. The molecule has 1 N–H and O–H groups in total. The number of nitrogens with zero attached hydrogens (tertiary/aromatic N) is 3. The van der Waals surface area contributed by atoms with Crippen LogP contribution < -0.4 is 5.32 Å². The van der Waals surface area contributed by atoms with Crippen molar-refractivity contribution in [2.75, 3.05) is 0 Å². The number of hydrogen-bond acceptors (Lipinski definition) is 5. The van der Waals surface area contributed by atoms with Crippen LogP contribution in [0, 0.1) is 0 Å². The molecule has 1 atom stereocenters. The number of aliphatic imine (C=N–C) groups is 2. The third-order valence-corrected chi connectivity index (χ3v) is 13.5. The Kier molecular flexibility index (Phi) is 7.30. The Morgan fingerprint density at radius 1 is 0.456 bits per heavy atom. The lowest BCUT2D eigenvalue weighted by Gasteiger charge is -2.24. The minimum atomic E-state index is -0.308. The maximum absolute atomic E-state index is 5.38. The number of hydrogen-bond donors (Lipinski definition) is 1. The summed E-state index contributed by atoms with van der Waals surface area (Å²) in [5.41, 5.74) is 9.25. The Morgan fingerprint density at radius 2 is 1.09 bits per heavy atom. The number of fused-ring (bicyclic) bond motifs is 9. The van der Waals surface area contributed by atoms with Crippen LogP contribution in [0.15, 0.2) is 192 Å². The van der Waals surface area contributed by atoms with Gasteiger partial charge in [-0.1, -0.05) is 133 Å². The van der Waals surface area contributed by atoms with Gasteiger partial charge in [-0.2, -0.15) is 0 Å². The summed E-state index contributed by atoms with van der Waals surface area (Å²) in [6.07, 6.45) is -0.308. The third kappa shape index (κ3) is 5.11. The zero-order chi connectivity index (χ0) is 37.5. The highest BCUT2D eigenvalue weighted by Gasteiger charge is 2.25. The molecule has 268 valence electrons. The van der Waals surface area contributed by atoms with Gasteiger partial charge in [0, 0.05) is 73.5 Å². The van der Waals surface area contributed by atoms with Crippen molar-refractivity contribution >= 4 is 96.5 Å². The summed E-state index contributed by atoms with van der Waals surface area (Å²) >= 11 is 3.67. The number of benzene rings is 8. The van der Waals surface area contributed by atoms with Crippen LogP contribution in [0.2, 0.25) is 0 Å². The minimum absolute atomic E-state index is 0.308. The molecule has 1 aliphatic rings. The monoisotopic (exact) mass is 764 g/mol. The summed E-state index contributed by atoms with van der Waals surface area (Å²) in [6.45, 7) is 0. The van der Waals surface area contributed by atoms with Gasteiger partial charge >= 0.3 is 0 Å². The molecular formula is C51H32N4S2. The molecule has 6 heteroatoms. The SMILES string of the molecule is c1ccc(C2=NC(c3ccc4c(c3)sc3cccc(-c5cccc6c5c5ccccc5n6-c5ccccc5)c34)=NC(c3cccc4sc5ccccc5c34)N2)cc1. The fourth-order valence-corrected chi connectivity index (χ4v) is 11.1. The van der Waals surface area contributed by atoms with Crippen LogP contribution in [-0.2, 0) is 0 Å². The van der Waals surface area contributed by atoms with Crippen molar-refractivity contribution in [3.8, 4) is 16.8 Å². The van der Waals surface area contributed by atoms with Gasteiger partial charge in [0.2, 0.25) is 0 Å². The normalized spacial score (nSPS) is 14.5. The van der Waals surface area contributed by atoms with E-state index >= 15 is 0 Å². The molecule has 0 aliphatic carbocycles. The Labute approximate surface area is 336 Å². The molecule has 0 amide bonds. The molecular weight excluding hydrogens is 733 g/mol. The minimum Gasteiger partial charge on any atom is -0.344 e. The number of thiophene rings is 2. The molecule has 0 saturated carbocycles. The van der Waals surface area contributed by atoms with E-state index in [4.69, 9.17) is 9.98 Å². The molecule has 4 nitrogen and oxygen atoms in total. The lowest BCUT2D eigenvalue weighted by atomic mass is 9.95. The van der Waals surface area contributed by atoms with Crippen molar-refractivity contribution < 1.29 is 0 Å². The van der Waals surface area contributed by atoms with Gasteiger partial charge in [0.05, 0.1) is 11.0 Å². The molecule has 4 heterocycles. The summed E-state index contributed by atoms with van der Waals surface area (Å²) in [7, 11) is 0. The zero-order valence-electron chi connectivity index (χ0n) is 30.6. The van der Waals surface area contributed by atoms with Gasteiger partial charge in [-0.05, 0) is 59.7 Å². The highest BCUT2D eigenvalue weighted by Crippen LogP contribution is 2.45. The number of nitrogens with one attached hydrogen (secondary N) is 1. The highest BCUT2D eigenvalue weighted by atomic mass is 32.1. The van der Waals surface area contributed by atoms with E-state index in [1.165, 1.54) is 73.3 Å². The first kappa shape index (κ1) is 32.4. The van der Waals surface area contributed by atoms with Crippen molar-refractivity contribution in [1.82, 2.24) is 9.88 Å². The van der Waals surface area contributed by atoms with E-state index < -0.39 is 0 Å². The molecule has 0 radical (unpaired) electrons. The summed E-state index contributed by atoms with van der Waals surface area (Å²) in [5, 5.41) is 11.3. The van der Waals surface area contributed by atoms with Crippen LogP contribution in [0.25, 0.3) is 79.0 Å². The average molecular weight is 765 g/mol. The van der Waals surface area contributed by atoms with Crippen LogP contribution in [0.1, 0.15) is 22.9 Å². The molecule has 12 rings (SSSR count). The van der Waals surface area contributed by atoms with E-state index in [1.807, 2.05) is 28.7 Å². The van der Waals surface area contributed by atoms with Gasteiger partial charge in [0.25, 0.3) is 0 Å². The Bertz CT molecular complexity index is 3440. The van der Waals surface area contributed by atoms with E-state index in [1.54, 1.807) is 0 Å². The molecule has 3 aromatic heterocycles. The number of amidine groups is 2. The van der Waals surface area contributed by atoms with Crippen molar-refractivity contribution in [1.29, 1.82) is 0 Å². The van der Waals surface area contributed by atoms with Gasteiger partial charge in [-0.15, -0.1) is 22.7 Å².